The molecule has 1 aliphatic heterocycles. The lowest BCUT2D eigenvalue weighted by Gasteiger charge is -2.34. The van der Waals surface area contributed by atoms with Crippen LogP contribution in [-0.4, -0.2) is 74.0 Å². The van der Waals surface area contributed by atoms with Crippen molar-refractivity contribution in [1.29, 1.82) is 0 Å². The Kier molecular flexibility index (Phi) is 16.1. The molecule has 0 atom stereocenters. The first kappa shape index (κ1) is 31.8. The van der Waals surface area contributed by atoms with Crippen molar-refractivity contribution < 1.29 is 9.59 Å². The van der Waals surface area contributed by atoms with E-state index in [2.05, 4.69) is 20.4 Å². The molecule has 0 aliphatic carbocycles. The van der Waals surface area contributed by atoms with Crippen LogP contribution in [-0.2, 0) is 0 Å². The molecule has 0 aromatic heterocycles. The summed E-state index contributed by atoms with van der Waals surface area (Å²) in [6, 6.07) is 18.9. The van der Waals surface area contributed by atoms with Crippen LogP contribution < -0.4 is 10.6 Å². The quantitative estimate of drug-likeness (QED) is 0.195. The maximum atomic E-state index is 12.0. The lowest BCUT2D eigenvalue weighted by atomic mass is 10.1. The fourth-order valence-electron chi connectivity index (χ4n) is 5.36. The Bertz CT molecular complexity index is 852. The molecule has 0 unspecified atom stereocenters. The summed E-state index contributed by atoms with van der Waals surface area (Å²) in [5.74, 6) is 0.0747. The maximum absolute atomic E-state index is 12.0. The lowest BCUT2D eigenvalue weighted by Crippen LogP contribution is -2.46. The van der Waals surface area contributed by atoms with Crippen LogP contribution >= 0.6 is 0 Å². The van der Waals surface area contributed by atoms with E-state index in [0.29, 0.717) is 0 Å². The minimum atomic E-state index is 0.0374. The van der Waals surface area contributed by atoms with Crippen molar-refractivity contribution in [1.82, 2.24) is 20.4 Å². The Morgan fingerprint density at radius 2 is 0.800 bits per heavy atom. The van der Waals surface area contributed by atoms with Gasteiger partial charge in [-0.2, -0.15) is 0 Å². The molecule has 1 saturated heterocycles. The minimum absolute atomic E-state index is 0.0374. The summed E-state index contributed by atoms with van der Waals surface area (Å²) in [4.78, 5) is 29.3. The normalized spacial score (nSPS) is 14.2. The van der Waals surface area contributed by atoms with Crippen LogP contribution in [0.1, 0.15) is 97.8 Å². The van der Waals surface area contributed by atoms with E-state index in [9.17, 15) is 9.59 Å². The molecule has 1 fully saturated rings. The standard InChI is InChI=1S/C34H52N4O2/c39-33(31-19-11-9-12-20-31)35-23-15-5-1-3-7-17-25-37-27-29-38(30-28-37)26-18-8-4-2-6-16-24-36-34(40)32-21-13-10-14-22-32/h9-14,19-22H,1-8,15-18,23-30H2,(H,35,39)(H,36,40). The zero-order valence-electron chi connectivity index (χ0n) is 24.6. The second-order valence-electron chi connectivity index (χ2n) is 11.2. The number of piperazine rings is 1. The molecular formula is C34H52N4O2. The summed E-state index contributed by atoms with van der Waals surface area (Å²) in [6.07, 6.45) is 14.9. The van der Waals surface area contributed by atoms with Gasteiger partial charge in [0.1, 0.15) is 0 Å². The summed E-state index contributed by atoms with van der Waals surface area (Å²) >= 11 is 0. The molecular weight excluding hydrogens is 496 g/mol. The van der Waals surface area contributed by atoms with Crippen LogP contribution in [0.25, 0.3) is 0 Å². The molecule has 6 nitrogen and oxygen atoms in total. The molecule has 3 rings (SSSR count). The number of nitrogens with one attached hydrogen (secondary N) is 2. The third-order valence-electron chi connectivity index (χ3n) is 7.91. The zero-order valence-corrected chi connectivity index (χ0v) is 24.6. The zero-order chi connectivity index (χ0) is 28.1. The maximum Gasteiger partial charge on any atom is 0.251 e. The summed E-state index contributed by atoms with van der Waals surface area (Å²) in [5.41, 5.74) is 1.49. The molecule has 1 heterocycles. The van der Waals surface area contributed by atoms with Crippen molar-refractivity contribution >= 4 is 11.8 Å². The van der Waals surface area contributed by atoms with Crippen molar-refractivity contribution in [3.8, 4) is 0 Å². The molecule has 0 spiro atoms. The number of hydrogen-bond donors (Lipinski definition) is 2. The SMILES string of the molecule is O=C(NCCCCCCCCN1CCN(CCCCCCCCNC(=O)c2ccccc2)CC1)c1ccccc1. The van der Waals surface area contributed by atoms with Gasteiger partial charge in [-0.05, 0) is 63.0 Å². The van der Waals surface area contributed by atoms with Crippen LogP contribution in [0, 0.1) is 0 Å². The van der Waals surface area contributed by atoms with Gasteiger partial charge >= 0.3 is 0 Å². The molecule has 6 heteroatoms. The van der Waals surface area contributed by atoms with Gasteiger partial charge in [-0.3, -0.25) is 9.59 Å². The summed E-state index contributed by atoms with van der Waals surface area (Å²) in [6.45, 7) is 8.90. The van der Waals surface area contributed by atoms with Crippen molar-refractivity contribution in [3.63, 3.8) is 0 Å². The van der Waals surface area contributed by atoms with Gasteiger partial charge in [-0.25, -0.2) is 0 Å². The van der Waals surface area contributed by atoms with Crippen molar-refractivity contribution in [2.75, 3.05) is 52.4 Å². The van der Waals surface area contributed by atoms with E-state index in [1.807, 2.05) is 60.7 Å². The molecule has 1 aliphatic rings. The number of carbonyl (C=O) groups is 2. The molecule has 40 heavy (non-hydrogen) atoms. The van der Waals surface area contributed by atoms with Crippen molar-refractivity contribution in [2.45, 2.75) is 77.0 Å². The van der Waals surface area contributed by atoms with E-state index in [1.165, 1.54) is 103 Å². The minimum Gasteiger partial charge on any atom is -0.352 e. The van der Waals surface area contributed by atoms with Gasteiger partial charge in [0.2, 0.25) is 0 Å². The number of amides is 2. The van der Waals surface area contributed by atoms with Crippen molar-refractivity contribution in [2.24, 2.45) is 0 Å². The van der Waals surface area contributed by atoms with Gasteiger partial charge in [0.15, 0.2) is 0 Å². The fraction of sp³-hybridized carbons (Fsp3) is 0.588. The highest BCUT2D eigenvalue weighted by Gasteiger charge is 2.15. The largest absolute Gasteiger partial charge is 0.352 e. The topological polar surface area (TPSA) is 64.7 Å². The Morgan fingerprint density at radius 3 is 1.18 bits per heavy atom. The number of benzene rings is 2. The van der Waals surface area contributed by atoms with Gasteiger partial charge in [0.25, 0.3) is 11.8 Å². The number of carbonyl (C=O) groups excluding carboxylic acids is 2. The Balaban J connectivity index is 1.04. The Labute approximate surface area is 242 Å². The Hall–Kier alpha value is -2.70. The van der Waals surface area contributed by atoms with Gasteiger partial charge in [0.05, 0.1) is 0 Å². The van der Waals surface area contributed by atoms with Gasteiger partial charge < -0.3 is 20.4 Å². The van der Waals surface area contributed by atoms with Gasteiger partial charge in [-0.15, -0.1) is 0 Å². The van der Waals surface area contributed by atoms with Crippen LogP contribution in [0.3, 0.4) is 0 Å². The third-order valence-corrected chi connectivity index (χ3v) is 7.91. The molecule has 2 N–H and O–H groups in total. The second kappa shape index (κ2) is 20.2. The molecule has 0 radical (unpaired) electrons. The number of unbranched alkanes of at least 4 members (excludes halogenated alkanes) is 10. The van der Waals surface area contributed by atoms with E-state index >= 15 is 0 Å². The Morgan fingerprint density at radius 1 is 0.475 bits per heavy atom. The molecule has 220 valence electrons. The lowest BCUT2D eigenvalue weighted by molar-refractivity contribution is 0.0944. The monoisotopic (exact) mass is 548 g/mol. The highest BCUT2D eigenvalue weighted by molar-refractivity contribution is 5.94. The second-order valence-corrected chi connectivity index (χ2v) is 11.2. The number of rotatable bonds is 20. The van der Waals surface area contributed by atoms with Crippen LogP contribution in [0.2, 0.25) is 0 Å². The summed E-state index contributed by atoms with van der Waals surface area (Å²) in [5, 5.41) is 6.04. The fourth-order valence-corrected chi connectivity index (χ4v) is 5.36. The van der Waals surface area contributed by atoms with E-state index < -0.39 is 0 Å². The van der Waals surface area contributed by atoms with Crippen molar-refractivity contribution in [3.05, 3.63) is 71.8 Å². The first-order valence-electron chi connectivity index (χ1n) is 15.8. The first-order valence-corrected chi connectivity index (χ1v) is 15.8. The molecule has 2 aromatic rings. The van der Waals surface area contributed by atoms with Crippen LogP contribution in [0.15, 0.2) is 60.7 Å². The van der Waals surface area contributed by atoms with E-state index in [-0.39, 0.29) is 11.8 Å². The molecule has 2 amide bonds. The predicted octanol–water partition coefficient (Wildman–Crippen LogP) is 6.15. The molecule has 2 aromatic carbocycles. The number of hydrogen-bond acceptors (Lipinski definition) is 4. The van der Waals surface area contributed by atoms with Crippen LogP contribution in [0.5, 0.6) is 0 Å². The smallest absolute Gasteiger partial charge is 0.251 e. The first-order chi connectivity index (χ1) is 19.7. The molecule has 0 saturated carbocycles. The summed E-state index contributed by atoms with van der Waals surface area (Å²) in [7, 11) is 0. The predicted molar refractivity (Wildman–Crippen MR) is 166 cm³/mol. The average Bonchev–Trinajstić information content (AvgIpc) is 3.00. The van der Waals surface area contributed by atoms with Crippen LogP contribution in [0.4, 0.5) is 0 Å². The highest BCUT2D eigenvalue weighted by atomic mass is 16.2. The van der Waals surface area contributed by atoms with Gasteiger partial charge in [-0.1, -0.05) is 87.8 Å². The molecule has 0 bridgehead atoms. The van der Waals surface area contributed by atoms with Gasteiger partial charge in [0, 0.05) is 50.4 Å². The van der Waals surface area contributed by atoms with E-state index in [1.54, 1.807) is 0 Å². The third kappa shape index (κ3) is 13.6. The number of nitrogens with zero attached hydrogens (tertiary/aromatic N) is 2. The summed E-state index contributed by atoms with van der Waals surface area (Å²) < 4.78 is 0. The van der Waals surface area contributed by atoms with E-state index in [0.717, 1.165) is 37.1 Å². The van der Waals surface area contributed by atoms with E-state index in [4.69, 9.17) is 0 Å². The highest BCUT2D eigenvalue weighted by Crippen LogP contribution is 2.11. The average molecular weight is 549 g/mol.